The van der Waals surface area contributed by atoms with Crippen molar-refractivity contribution in [2.75, 3.05) is 13.1 Å². The second-order valence-electron chi connectivity index (χ2n) is 4.50. The fourth-order valence-corrected chi connectivity index (χ4v) is 2.22. The Labute approximate surface area is 107 Å². The molecule has 0 bridgehead atoms. The first-order chi connectivity index (χ1) is 8.61. The van der Waals surface area contributed by atoms with Crippen molar-refractivity contribution in [1.82, 2.24) is 9.88 Å². The van der Waals surface area contributed by atoms with E-state index >= 15 is 0 Å². The molecule has 1 aliphatic rings. The largest absolute Gasteiger partial charge is 0.465 e. The number of aryl methyl sites for hydroxylation is 2. The second-order valence-corrected chi connectivity index (χ2v) is 4.50. The number of carbonyl (C=O) groups is 1. The third-order valence-corrected chi connectivity index (χ3v) is 3.38. The molecule has 0 saturated heterocycles. The maximum Gasteiger partial charge on any atom is 0.407 e. The smallest absolute Gasteiger partial charge is 0.407 e. The molecule has 1 N–H and O–H groups in total. The van der Waals surface area contributed by atoms with Gasteiger partial charge in [-0.2, -0.15) is 0 Å². The van der Waals surface area contributed by atoms with Crippen LogP contribution >= 0.6 is 0 Å². The average molecular weight is 246 g/mol. The molecule has 0 aliphatic carbocycles. The maximum atomic E-state index is 10.8. The zero-order valence-corrected chi connectivity index (χ0v) is 10.8. The zero-order chi connectivity index (χ0) is 13.1. The van der Waals surface area contributed by atoms with Gasteiger partial charge in [-0.25, -0.2) is 4.79 Å². The van der Waals surface area contributed by atoms with Crippen LogP contribution < -0.4 is 0 Å². The molecule has 1 aromatic heterocycles. The molecule has 1 amide bonds. The predicted octanol–water partition coefficient (Wildman–Crippen LogP) is 2.72. The van der Waals surface area contributed by atoms with Gasteiger partial charge in [0.2, 0.25) is 0 Å². The molecule has 0 atom stereocenters. The van der Waals surface area contributed by atoms with Crippen molar-refractivity contribution in [3.05, 3.63) is 35.2 Å². The maximum absolute atomic E-state index is 10.8. The summed E-state index contributed by atoms with van der Waals surface area (Å²) in [5.41, 5.74) is 4.46. The van der Waals surface area contributed by atoms with Gasteiger partial charge in [0.1, 0.15) is 0 Å². The molecule has 96 valence electrons. The highest BCUT2D eigenvalue weighted by molar-refractivity contribution is 5.70. The number of hydrogen-bond acceptors (Lipinski definition) is 2. The van der Waals surface area contributed by atoms with Crippen LogP contribution in [0, 0.1) is 6.92 Å². The van der Waals surface area contributed by atoms with E-state index in [0.29, 0.717) is 13.1 Å². The number of pyridine rings is 1. The van der Waals surface area contributed by atoms with Crippen LogP contribution in [0.1, 0.15) is 30.3 Å². The summed E-state index contributed by atoms with van der Waals surface area (Å²) in [7, 11) is 0. The zero-order valence-electron chi connectivity index (χ0n) is 10.8. The lowest BCUT2D eigenvalue weighted by Gasteiger charge is -2.23. The third kappa shape index (κ3) is 2.53. The van der Waals surface area contributed by atoms with Crippen molar-refractivity contribution in [2.24, 2.45) is 0 Å². The molecule has 0 saturated carbocycles. The minimum atomic E-state index is -0.851. The summed E-state index contributed by atoms with van der Waals surface area (Å²) in [5, 5.41) is 8.89. The molecule has 0 radical (unpaired) electrons. The quantitative estimate of drug-likeness (QED) is 0.873. The molecular formula is C14H18N2O2. The van der Waals surface area contributed by atoms with Crippen molar-refractivity contribution < 1.29 is 9.90 Å². The Morgan fingerprint density at radius 3 is 2.78 bits per heavy atom. The lowest BCUT2D eigenvalue weighted by molar-refractivity contribution is 0.150. The Balaban J connectivity index is 2.18. The monoisotopic (exact) mass is 246 g/mol. The molecule has 2 rings (SSSR count). The summed E-state index contributed by atoms with van der Waals surface area (Å²) < 4.78 is 0. The van der Waals surface area contributed by atoms with E-state index in [1.54, 1.807) is 0 Å². The normalized spacial score (nSPS) is 15.4. The summed E-state index contributed by atoms with van der Waals surface area (Å²) >= 11 is 0. The Hall–Kier alpha value is -1.84. The van der Waals surface area contributed by atoms with E-state index in [1.165, 1.54) is 10.5 Å². The van der Waals surface area contributed by atoms with Crippen LogP contribution in [0.2, 0.25) is 0 Å². The molecule has 18 heavy (non-hydrogen) atoms. The van der Waals surface area contributed by atoms with Crippen LogP contribution in [-0.4, -0.2) is 34.2 Å². The summed E-state index contributed by atoms with van der Waals surface area (Å²) in [6.07, 6.45) is 2.84. The molecule has 1 aromatic rings. The highest BCUT2D eigenvalue weighted by atomic mass is 16.4. The fourth-order valence-electron chi connectivity index (χ4n) is 2.22. The topological polar surface area (TPSA) is 53.4 Å². The van der Waals surface area contributed by atoms with Crippen molar-refractivity contribution in [2.45, 2.75) is 26.7 Å². The van der Waals surface area contributed by atoms with E-state index in [-0.39, 0.29) is 0 Å². The van der Waals surface area contributed by atoms with Crippen molar-refractivity contribution in [1.29, 1.82) is 0 Å². The van der Waals surface area contributed by atoms with Crippen molar-refractivity contribution >= 4 is 11.7 Å². The van der Waals surface area contributed by atoms with E-state index in [9.17, 15) is 4.79 Å². The molecule has 4 heteroatoms. The van der Waals surface area contributed by atoms with Gasteiger partial charge < -0.3 is 10.0 Å². The lowest BCUT2D eigenvalue weighted by atomic mass is 10.0. The van der Waals surface area contributed by atoms with Crippen LogP contribution in [0.15, 0.2) is 18.2 Å². The first kappa shape index (κ1) is 12.6. The van der Waals surface area contributed by atoms with E-state index in [0.717, 1.165) is 29.8 Å². The van der Waals surface area contributed by atoms with Crippen LogP contribution in [0.25, 0.3) is 5.57 Å². The average Bonchev–Trinajstić information content (AvgIpc) is 2.38. The van der Waals surface area contributed by atoms with Gasteiger partial charge in [0.25, 0.3) is 0 Å². The number of rotatable bonds is 2. The van der Waals surface area contributed by atoms with Gasteiger partial charge in [0.05, 0.1) is 5.69 Å². The van der Waals surface area contributed by atoms with E-state index in [1.807, 2.05) is 19.1 Å². The van der Waals surface area contributed by atoms with E-state index in [2.05, 4.69) is 18.0 Å². The lowest BCUT2D eigenvalue weighted by Crippen LogP contribution is -2.33. The van der Waals surface area contributed by atoms with Crippen LogP contribution in [0.4, 0.5) is 4.79 Å². The van der Waals surface area contributed by atoms with E-state index in [4.69, 9.17) is 5.11 Å². The molecule has 0 aromatic carbocycles. The Morgan fingerprint density at radius 2 is 2.28 bits per heavy atom. The first-order valence-electron chi connectivity index (χ1n) is 6.25. The SMILES string of the molecule is CCc1ccc(C2=CCN(C(=O)O)CC2)nc1C. The van der Waals surface area contributed by atoms with Gasteiger partial charge in [0.15, 0.2) is 0 Å². The number of amides is 1. The minimum Gasteiger partial charge on any atom is -0.465 e. The number of nitrogens with zero attached hydrogens (tertiary/aromatic N) is 2. The van der Waals surface area contributed by atoms with Gasteiger partial charge >= 0.3 is 6.09 Å². The Morgan fingerprint density at radius 1 is 1.50 bits per heavy atom. The van der Waals surface area contributed by atoms with Crippen molar-refractivity contribution in [3.63, 3.8) is 0 Å². The van der Waals surface area contributed by atoms with Crippen LogP contribution in [-0.2, 0) is 6.42 Å². The van der Waals surface area contributed by atoms with Gasteiger partial charge in [0, 0.05) is 18.8 Å². The number of carboxylic acid groups (broad SMARTS) is 1. The number of hydrogen-bond donors (Lipinski definition) is 1. The standard InChI is InChI=1S/C14H18N2O2/c1-3-11-4-5-13(15-10(11)2)12-6-8-16(9-7-12)14(17)18/h4-6H,3,7-9H2,1-2H3,(H,17,18). The first-order valence-corrected chi connectivity index (χ1v) is 6.25. The summed E-state index contributed by atoms with van der Waals surface area (Å²) in [4.78, 5) is 16.8. The Kier molecular flexibility index (Phi) is 3.65. The van der Waals surface area contributed by atoms with Gasteiger partial charge in [-0.15, -0.1) is 0 Å². The third-order valence-electron chi connectivity index (χ3n) is 3.38. The molecule has 0 fully saturated rings. The Bertz CT molecular complexity index is 495. The van der Waals surface area contributed by atoms with Crippen LogP contribution in [0.3, 0.4) is 0 Å². The minimum absolute atomic E-state index is 0.459. The molecule has 0 spiro atoms. The summed E-state index contributed by atoms with van der Waals surface area (Å²) in [6.45, 7) is 5.15. The van der Waals surface area contributed by atoms with Gasteiger partial charge in [-0.1, -0.05) is 19.1 Å². The number of aromatic nitrogens is 1. The van der Waals surface area contributed by atoms with Crippen LogP contribution in [0.5, 0.6) is 0 Å². The molecule has 0 unspecified atom stereocenters. The molecule has 2 heterocycles. The highest BCUT2D eigenvalue weighted by Gasteiger charge is 2.17. The van der Waals surface area contributed by atoms with Crippen molar-refractivity contribution in [3.8, 4) is 0 Å². The molecular weight excluding hydrogens is 228 g/mol. The van der Waals surface area contributed by atoms with Gasteiger partial charge in [-0.05, 0) is 37.0 Å². The highest BCUT2D eigenvalue weighted by Crippen LogP contribution is 2.22. The molecule has 4 nitrogen and oxygen atoms in total. The second kappa shape index (κ2) is 5.21. The molecule has 1 aliphatic heterocycles. The summed E-state index contributed by atoms with van der Waals surface area (Å²) in [5.74, 6) is 0. The fraction of sp³-hybridized carbons (Fsp3) is 0.429. The predicted molar refractivity (Wildman–Crippen MR) is 70.5 cm³/mol. The van der Waals surface area contributed by atoms with Gasteiger partial charge in [-0.3, -0.25) is 4.98 Å². The van der Waals surface area contributed by atoms with E-state index < -0.39 is 6.09 Å². The summed E-state index contributed by atoms with van der Waals surface area (Å²) in [6, 6.07) is 4.15.